The van der Waals surface area contributed by atoms with Gasteiger partial charge in [0, 0.05) is 20.2 Å². The monoisotopic (exact) mass is 519 g/mol. The Balaban J connectivity index is 1.48. The van der Waals surface area contributed by atoms with Gasteiger partial charge in [-0.05, 0) is 62.1 Å². The van der Waals surface area contributed by atoms with Crippen LogP contribution in [0, 0.1) is 0 Å². The second-order valence-electron chi connectivity index (χ2n) is 6.92. The molecule has 1 fully saturated rings. The third-order valence-corrected chi connectivity index (χ3v) is 6.84. The Morgan fingerprint density at radius 2 is 1.57 bits per heavy atom. The van der Waals surface area contributed by atoms with Gasteiger partial charge >= 0.3 is 0 Å². The summed E-state index contributed by atoms with van der Waals surface area (Å²) >= 11 is 8.35. The van der Waals surface area contributed by atoms with Crippen molar-refractivity contribution >= 4 is 66.0 Å². The summed E-state index contributed by atoms with van der Waals surface area (Å²) in [7, 11) is 0. The number of rotatable bonds is 4. The SMILES string of the molecule is O=C(CSC1=NC2(CCCC2)N=C1c1ccc(Br)cc1)Nc1ccc(Br)cc1. The minimum Gasteiger partial charge on any atom is -0.325 e. The van der Waals surface area contributed by atoms with Crippen LogP contribution >= 0.6 is 43.6 Å². The average molecular weight is 521 g/mol. The summed E-state index contributed by atoms with van der Waals surface area (Å²) in [6.45, 7) is 0. The Labute approximate surface area is 185 Å². The maximum atomic E-state index is 12.4. The molecule has 2 aromatic rings. The highest BCUT2D eigenvalue weighted by Crippen LogP contribution is 2.40. The Hall–Kier alpha value is -1.44. The number of hydrogen-bond donors (Lipinski definition) is 1. The molecule has 1 aliphatic heterocycles. The fourth-order valence-corrected chi connectivity index (χ4v) is 4.85. The van der Waals surface area contributed by atoms with E-state index in [4.69, 9.17) is 9.98 Å². The molecule has 0 saturated heterocycles. The van der Waals surface area contributed by atoms with Crippen molar-refractivity contribution in [1.29, 1.82) is 0 Å². The Morgan fingerprint density at radius 3 is 2.21 bits per heavy atom. The first-order chi connectivity index (χ1) is 13.5. The summed E-state index contributed by atoms with van der Waals surface area (Å²) in [4.78, 5) is 22.4. The summed E-state index contributed by atoms with van der Waals surface area (Å²) in [6, 6.07) is 15.7. The zero-order valence-corrected chi connectivity index (χ0v) is 19.1. The van der Waals surface area contributed by atoms with Crippen LogP contribution in [0.15, 0.2) is 67.5 Å². The smallest absolute Gasteiger partial charge is 0.234 e. The molecule has 1 aliphatic carbocycles. The van der Waals surface area contributed by atoms with Gasteiger partial charge in [-0.2, -0.15) is 0 Å². The molecule has 1 heterocycles. The predicted octanol–water partition coefficient (Wildman–Crippen LogP) is 6.06. The molecule has 2 aromatic carbocycles. The van der Waals surface area contributed by atoms with Gasteiger partial charge in [0.2, 0.25) is 5.91 Å². The molecule has 4 rings (SSSR count). The number of halogens is 2. The Kier molecular flexibility index (Phi) is 6.04. The van der Waals surface area contributed by atoms with E-state index in [0.29, 0.717) is 5.75 Å². The molecule has 0 aromatic heterocycles. The molecule has 4 nitrogen and oxygen atoms in total. The van der Waals surface area contributed by atoms with Gasteiger partial charge in [-0.1, -0.05) is 55.8 Å². The number of benzene rings is 2. The van der Waals surface area contributed by atoms with Crippen LogP contribution in [0.4, 0.5) is 5.69 Å². The summed E-state index contributed by atoms with van der Waals surface area (Å²) in [5, 5.41) is 3.81. The Bertz CT molecular complexity index is 933. The molecule has 7 heteroatoms. The van der Waals surface area contributed by atoms with Crippen LogP contribution in [0.2, 0.25) is 0 Å². The maximum Gasteiger partial charge on any atom is 0.234 e. The van der Waals surface area contributed by atoms with Crippen LogP contribution in [-0.4, -0.2) is 28.1 Å². The topological polar surface area (TPSA) is 53.8 Å². The van der Waals surface area contributed by atoms with Crippen LogP contribution in [0.5, 0.6) is 0 Å². The standard InChI is InChI=1S/C21H19Br2N3OS/c22-15-5-3-14(4-6-15)19-20(26-21(25-19)11-1-2-12-21)28-13-18(27)24-17-9-7-16(23)8-10-17/h3-10H,1-2,11-13H2,(H,24,27). The summed E-state index contributed by atoms with van der Waals surface area (Å²) in [6.07, 6.45) is 4.29. The van der Waals surface area contributed by atoms with Gasteiger partial charge in [0.05, 0.1) is 11.5 Å². The van der Waals surface area contributed by atoms with Crippen LogP contribution in [0.3, 0.4) is 0 Å². The molecule has 0 atom stereocenters. The lowest BCUT2D eigenvalue weighted by Crippen LogP contribution is -2.17. The zero-order chi connectivity index (χ0) is 19.6. The van der Waals surface area contributed by atoms with E-state index >= 15 is 0 Å². The van der Waals surface area contributed by atoms with Crippen molar-refractivity contribution < 1.29 is 4.79 Å². The molecule has 0 unspecified atom stereocenters. The van der Waals surface area contributed by atoms with E-state index in [1.807, 2.05) is 36.4 Å². The fraction of sp³-hybridized carbons (Fsp3) is 0.286. The van der Waals surface area contributed by atoms with Crippen LogP contribution in [-0.2, 0) is 4.79 Å². The first kappa shape index (κ1) is 19.9. The highest BCUT2D eigenvalue weighted by molar-refractivity contribution is 9.10. The van der Waals surface area contributed by atoms with Crippen molar-refractivity contribution in [1.82, 2.24) is 0 Å². The van der Waals surface area contributed by atoms with Crippen molar-refractivity contribution in [2.24, 2.45) is 9.98 Å². The lowest BCUT2D eigenvalue weighted by molar-refractivity contribution is -0.113. The minimum atomic E-state index is -0.313. The van der Waals surface area contributed by atoms with Gasteiger partial charge in [0.15, 0.2) is 5.66 Å². The quantitative estimate of drug-likeness (QED) is 0.533. The van der Waals surface area contributed by atoms with Crippen molar-refractivity contribution in [3.05, 3.63) is 63.0 Å². The number of anilines is 1. The van der Waals surface area contributed by atoms with E-state index in [1.54, 1.807) is 0 Å². The highest BCUT2D eigenvalue weighted by Gasteiger charge is 2.39. The maximum absolute atomic E-state index is 12.4. The molecule has 1 spiro atoms. The van der Waals surface area contributed by atoms with Gasteiger partial charge in [-0.15, -0.1) is 0 Å². The number of aliphatic imine (C=N–C) groups is 2. The van der Waals surface area contributed by atoms with Crippen LogP contribution in [0.1, 0.15) is 31.2 Å². The van der Waals surface area contributed by atoms with Crippen LogP contribution in [0.25, 0.3) is 0 Å². The van der Waals surface area contributed by atoms with Gasteiger partial charge in [0.25, 0.3) is 0 Å². The number of amides is 1. The molecule has 1 N–H and O–H groups in total. The number of nitrogens with one attached hydrogen (secondary N) is 1. The van der Waals surface area contributed by atoms with Crippen molar-refractivity contribution in [2.45, 2.75) is 31.3 Å². The van der Waals surface area contributed by atoms with Gasteiger partial charge in [-0.3, -0.25) is 9.79 Å². The van der Waals surface area contributed by atoms with E-state index in [9.17, 15) is 4.79 Å². The van der Waals surface area contributed by atoms with Crippen molar-refractivity contribution in [2.75, 3.05) is 11.1 Å². The molecule has 1 amide bonds. The van der Waals surface area contributed by atoms with Gasteiger partial charge in [0.1, 0.15) is 5.04 Å². The minimum absolute atomic E-state index is 0.0439. The number of carbonyl (C=O) groups is 1. The largest absolute Gasteiger partial charge is 0.325 e. The second kappa shape index (κ2) is 8.51. The van der Waals surface area contributed by atoms with E-state index in [1.165, 1.54) is 11.8 Å². The lowest BCUT2D eigenvalue weighted by Gasteiger charge is -2.14. The lowest BCUT2D eigenvalue weighted by atomic mass is 10.1. The molecule has 2 aliphatic rings. The first-order valence-electron chi connectivity index (χ1n) is 9.17. The highest BCUT2D eigenvalue weighted by atomic mass is 79.9. The fourth-order valence-electron chi connectivity index (χ4n) is 3.45. The molecular weight excluding hydrogens is 502 g/mol. The normalized spacial score (nSPS) is 17.5. The molecule has 144 valence electrons. The van der Waals surface area contributed by atoms with Gasteiger partial charge < -0.3 is 5.32 Å². The van der Waals surface area contributed by atoms with E-state index < -0.39 is 0 Å². The number of thioether (sulfide) groups is 1. The third-order valence-electron chi connectivity index (χ3n) is 4.82. The van der Waals surface area contributed by atoms with E-state index in [2.05, 4.69) is 49.3 Å². The van der Waals surface area contributed by atoms with Crippen molar-refractivity contribution in [3.8, 4) is 0 Å². The number of hydrogen-bond acceptors (Lipinski definition) is 4. The average Bonchev–Trinajstić information content (AvgIpc) is 3.30. The molecule has 0 radical (unpaired) electrons. The molecular formula is C21H19Br2N3OS. The summed E-state index contributed by atoms with van der Waals surface area (Å²) in [5.41, 5.74) is 2.44. The number of carbonyl (C=O) groups excluding carboxylic acids is 1. The summed E-state index contributed by atoms with van der Waals surface area (Å²) in [5.74, 6) is 0.262. The molecule has 1 saturated carbocycles. The number of nitrogens with zero attached hydrogens (tertiary/aromatic N) is 2. The Morgan fingerprint density at radius 1 is 0.964 bits per heavy atom. The first-order valence-corrected chi connectivity index (χ1v) is 11.7. The van der Waals surface area contributed by atoms with Crippen LogP contribution < -0.4 is 5.32 Å². The summed E-state index contributed by atoms with van der Waals surface area (Å²) < 4.78 is 2.02. The van der Waals surface area contributed by atoms with E-state index in [0.717, 1.165) is 56.6 Å². The molecule has 0 bridgehead atoms. The second-order valence-corrected chi connectivity index (χ2v) is 9.71. The van der Waals surface area contributed by atoms with Crippen molar-refractivity contribution in [3.63, 3.8) is 0 Å². The van der Waals surface area contributed by atoms with Gasteiger partial charge in [-0.25, -0.2) is 4.99 Å². The van der Waals surface area contributed by atoms with E-state index in [-0.39, 0.29) is 11.6 Å². The molecule has 28 heavy (non-hydrogen) atoms. The zero-order valence-electron chi connectivity index (χ0n) is 15.1. The predicted molar refractivity (Wildman–Crippen MR) is 125 cm³/mol. The third kappa shape index (κ3) is 4.58.